The van der Waals surface area contributed by atoms with Gasteiger partial charge in [0.2, 0.25) is 5.91 Å². The van der Waals surface area contributed by atoms with Crippen molar-refractivity contribution in [1.29, 1.82) is 0 Å². The molecule has 0 N–H and O–H groups in total. The molecule has 5 heteroatoms. The average Bonchev–Trinajstić information content (AvgIpc) is 2.63. The predicted molar refractivity (Wildman–Crippen MR) is 98.1 cm³/mol. The maximum absolute atomic E-state index is 12.7. The van der Waals surface area contributed by atoms with Crippen molar-refractivity contribution in [2.75, 3.05) is 72.5 Å². The quantitative estimate of drug-likeness (QED) is 0.772. The molecule has 3 rings (SSSR count). The highest BCUT2D eigenvalue weighted by Gasteiger charge is 2.30. The van der Waals surface area contributed by atoms with Crippen LogP contribution in [0.1, 0.15) is 32.6 Å². The number of likely N-dealkylation sites (N-methyl/N-ethyl adjacent to an activating group) is 1. The molecule has 0 saturated carbocycles. The number of rotatable bonds is 4. The summed E-state index contributed by atoms with van der Waals surface area (Å²) in [6.45, 7) is 13.7. The Hall–Kier alpha value is -0.650. The van der Waals surface area contributed by atoms with E-state index >= 15 is 0 Å². The summed E-state index contributed by atoms with van der Waals surface area (Å²) in [5.41, 5.74) is 0. The van der Waals surface area contributed by atoms with Crippen LogP contribution in [0.5, 0.6) is 0 Å². The number of hydrogen-bond donors (Lipinski definition) is 0. The van der Waals surface area contributed by atoms with E-state index in [0.29, 0.717) is 11.8 Å². The van der Waals surface area contributed by atoms with E-state index in [1.807, 2.05) is 0 Å². The lowest BCUT2D eigenvalue weighted by atomic mass is 9.92. The molecule has 0 atom stereocenters. The molecule has 0 aliphatic carbocycles. The van der Waals surface area contributed by atoms with E-state index in [9.17, 15) is 4.79 Å². The maximum atomic E-state index is 12.7. The van der Waals surface area contributed by atoms with Crippen LogP contribution in [0, 0.1) is 11.8 Å². The largest absolute Gasteiger partial charge is 0.342 e. The minimum atomic E-state index is 0.292. The Morgan fingerprint density at radius 3 is 2.00 bits per heavy atom. The van der Waals surface area contributed by atoms with Crippen LogP contribution >= 0.6 is 0 Å². The van der Waals surface area contributed by atoms with Crippen molar-refractivity contribution in [3.05, 3.63) is 0 Å². The Kier molecular flexibility index (Phi) is 6.53. The van der Waals surface area contributed by atoms with E-state index in [2.05, 4.69) is 33.6 Å². The molecule has 0 radical (unpaired) electrons. The number of likely N-dealkylation sites (tertiary alicyclic amines) is 2. The Morgan fingerprint density at radius 1 is 0.833 bits per heavy atom. The first-order valence-electron chi connectivity index (χ1n) is 10.1. The molecule has 3 saturated heterocycles. The van der Waals surface area contributed by atoms with Gasteiger partial charge >= 0.3 is 0 Å². The summed E-state index contributed by atoms with van der Waals surface area (Å²) < 4.78 is 0. The number of piperidine rings is 2. The third kappa shape index (κ3) is 4.70. The van der Waals surface area contributed by atoms with Crippen molar-refractivity contribution in [2.45, 2.75) is 32.6 Å². The van der Waals surface area contributed by atoms with E-state index in [0.717, 1.165) is 44.9 Å². The number of amides is 1. The van der Waals surface area contributed by atoms with Crippen molar-refractivity contribution in [2.24, 2.45) is 11.8 Å². The second-order valence-corrected chi connectivity index (χ2v) is 8.08. The predicted octanol–water partition coefficient (Wildman–Crippen LogP) is 1.20. The summed E-state index contributed by atoms with van der Waals surface area (Å²) in [6, 6.07) is 0. The molecule has 3 heterocycles. The molecule has 0 aromatic heterocycles. The lowest BCUT2D eigenvalue weighted by molar-refractivity contribution is -0.138. The molecule has 0 aromatic carbocycles. The zero-order chi connectivity index (χ0) is 16.9. The van der Waals surface area contributed by atoms with Gasteiger partial charge in [0.05, 0.1) is 0 Å². The fourth-order valence-corrected chi connectivity index (χ4v) is 4.50. The number of carbonyl (C=O) groups excluding carboxylic acids is 1. The van der Waals surface area contributed by atoms with Gasteiger partial charge < -0.3 is 19.6 Å². The number of nitrogens with zero attached hydrogens (tertiary/aromatic N) is 4. The molecule has 0 aromatic rings. The summed E-state index contributed by atoms with van der Waals surface area (Å²) in [5.74, 6) is 1.53. The molecule has 3 aliphatic heterocycles. The normalized spacial score (nSPS) is 26.8. The number of carbonyl (C=O) groups is 1. The Labute approximate surface area is 147 Å². The Morgan fingerprint density at radius 2 is 1.42 bits per heavy atom. The molecule has 3 aliphatic rings. The number of piperazine rings is 1. The van der Waals surface area contributed by atoms with Crippen molar-refractivity contribution < 1.29 is 4.79 Å². The highest BCUT2D eigenvalue weighted by molar-refractivity contribution is 5.79. The SMILES string of the molecule is CCN1CCN(CC2CCN(C(=O)C3CCN(C)CC3)CC2)CC1. The fraction of sp³-hybridized carbons (Fsp3) is 0.947. The first-order chi connectivity index (χ1) is 11.7. The fourth-order valence-electron chi connectivity index (χ4n) is 4.50. The van der Waals surface area contributed by atoms with Crippen LogP contribution in [0.15, 0.2) is 0 Å². The molecule has 3 fully saturated rings. The molecule has 0 spiro atoms. The van der Waals surface area contributed by atoms with E-state index in [1.165, 1.54) is 52.1 Å². The molecule has 5 nitrogen and oxygen atoms in total. The van der Waals surface area contributed by atoms with Gasteiger partial charge in [-0.05, 0) is 58.3 Å². The average molecular weight is 337 g/mol. The minimum Gasteiger partial charge on any atom is -0.342 e. The van der Waals surface area contributed by atoms with E-state index in [-0.39, 0.29) is 0 Å². The first-order valence-corrected chi connectivity index (χ1v) is 10.1. The summed E-state index contributed by atoms with van der Waals surface area (Å²) >= 11 is 0. The first kappa shape index (κ1) is 18.2. The summed E-state index contributed by atoms with van der Waals surface area (Å²) in [6.07, 6.45) is 4.51. The maximum Gasteiger partial charge on any atom is 0.225 e. The third-order valence-corrected chi connectivity index (χ3v) is 6.42. The molecule has 0 unspecified atom stereocenters. The third-order valence-electron chi connectivity index (χ3n) is 6.42. The zero-order valence-electron chi connectivity index (χ0n) is 15.8. The van der Waals surface area contributed by atoms with Crippen molar-refractivity contribution in [3.8, 4) is 0 Å². The van der Waals surface area contributed by atoms with Gasteiger partial charge in [0, 0.05) is 51.7 Å². The van der Waals surface area contributed by atoms with E-state index < -0.39 is 0 Å². The van der Waals surface area contributed by atoms with Crippen LogP contribution in [-0.2, 0) is 4.79 Å². The molecule has 0 bridgehead atoms. The lowest BCUT2D eigenvalue weighted by Crippen LogP contribution is -2.49. The molecular formula is C19H36N4O. The van der Waals surface area contributed by atoms with Crippen LogP contribution in [0.2, 0.25) is 0 Å². The van der Waals surface area contributed by atoms with Gasteiger partial charge in [0.25, 0.3) is 0 Å². The van der Waals surface area contributed by atoms with Crippen molar-refractivity contribution >= 4 is 5.91 Å². The van der Waals surface area contributed by atoms with Crippen LogP contribution in [0.3, 0.4) is 0 Å². The van der Waals surface area contributed by atoms with Gasteiger partial charge in [-0.2, -0.15) is 0 Å². The van der Waals surface area contributed by atoms with Gasteiger partial charge in [-0.1, -0.05) is 6.92 Å². The zero-order valence-corrected chi connectivity index (χ0v) is 15.8. The monoisotopic (exact) mass is 336 g/mol. The Balaban J connectivity index is 1.37. The van der Waals surface area contributed by atoms with Gasteiger partial charge in [0.15, 0.2) is 0 Å². The van der Waals surface area contributed by atoms with Crippen LogP contribution in [0.4, 0.5) is 0 Å². The van der Waals surface area contributed by atoms with Crippen LogP contribution < -0.4 is 0 Å². The van der Waals surface area contributed by atoms with Gasteiger partial charge in [-0.15, -0.1) is 0 Å². The minimum absolute atomic E-state index is 0.292. The second kappa shape index (κ2) is 8.63. The molecule has 138 valence electrons. The highest BCUT2D eigenvalue weighted by atomic mass is 16.2. The van der Waals surface area contributed by atoms with Gasteiger partial charge in [-0.3, -0.25) is 4.79 Å². The molecule has 1 amide bonds. The molecule has 24 heavy (non-hydrogen) atoms. The highest BCUT2D eigenvalue weighted by Crippen LogP contribution is 2.24. The summed E-state index contributed by atoms with van der Waals surface area (Å²) in [5, 5.41) is 0. The van der Waals surface area contributed by atoms with Gasteiger partial charge in [-0.25, -0.2) is 0 Å². The topological polar surface area (TPSA) is 30.0 Å². The van der Waals surface area contributed by atoms with Crippen LogP contribution in [-0.4, -0.2) is 98.0 Å². The van der Waals surface area contributed by atoms with E-state index in [4.69, 9.17) is 0 Å². The van der Waals surface area contributed by atoms with Crippen molar-refractivity contribution in [3.63, 3.8) is 0 Å². The van der Waals surface area contributed by atoms with Gasteiger partial charge in [0.1, 0.15) is 0 Å². The Bertz CT molecular complexity index is 392. The number of hydrogen-bond acceptors (Lipinski definition) is 4. The van der Waals surface area contributed by atoms with Crippen molar-refractivity contribution in [1.82, 2.24) is 19.6 Å². The summed E-state index contributed by atoms with van der Waals surface area (Å²) in [4.78, 5) is 22.4. The smallest absolute Gasteiger partial charge is 0.225 e. The van der Waals surface area contributed by atoms with E-state index in [1.54, 1.807) is 0 Å². The standard InChI is InChI=1S/C19H36N4O/c1-3-21-12-14-22(15-13-21)16-17-4-10-23(11-5-17)19(24)18-6-8-20(2)9-7-18/h17-18H,3-16H2,1-2H3. The molecular weight excluding hydrogens is 300 g/mol. The summed E-state index contributed by atoms with van der Waals surface area (Å²) in [7, 11) is 2.16. The van der Waals surface area contributed by atoms with Crippen LogP contribution in [0.25, 0.3) is 0 Å². The lowest BCUT2D eigenvalue weighted by Gasteiger charge is -2.40. The second-order valence-electron chi connectivity index (χ2n) is 8.08.